The number of rotatable bonds is 3. The van der Waals surface area contributed by atoms with Gasteiger partial charge in [0.05, 0.1) is 0 Å². The van der Waals surface area contributed by atoms with Gasteiger partial charge in [0, 0.05) is 24.5 Å². The van der Waals surface area contributed by atoms with Crippen molar-refractivity contribution in [3.63, 3.8) is 0 Å². The summed E-state index contributed by atoms with van der Waals surface area (Å²) in [5.74, 6) is 0.497. The highest BCUT2D eigenvalue weighted by Gasteiger charge is 2.27. The van der Waals surface area contributed by atoms with E-state index in [1.54, 1.807) is 5.38 Å². The lowest BCUT2D eigenvalue weighted by molar-refractivity contribution is 0.0692. The van der Waals surface area contributed by atoms with Crippen LogP contribution in [-0.4, -0.2) is 40.8 Å². The molecule has 6 heteroatoms. The monoisotopic (exact) mass is 293 g/mol. The highest BCUT2D eigenvalue weighted by molar-refractivity contribution is 7.11. The third-order valence-electron chi connectivity index (χ3n) is 3.90. The fraction of sp³-hybridized carbons (Fsp3) is 0.643. The summed E-state index contributed by atoms with van der Waals surface area (Å²) in [4.78, 5) is 30.2. The summed E-state index contributed by atoms with van der Waals surface area (Å²) in [5.41, 5.74) is 0.408. The van der Waals surface area contributed by atoms with Crippen LogP contribution >= 0.6 is 11.3 Å². The number of amides is 2. The molecule has 2 aliphatic rings. The first-order valence-electron chi connectivity index (χ1n) is 7.19. The van der Waals surface area contributed by atoms with Gasteiger partial charge in [-0.2, -0.15) is 0 Å². The molecule has 108 valence electrons. The van der Waals surface area contributed by atoms with E-state index in [2.05, 4.69) is 17.2 Å². The molecular formula is C14H19N3O2S. The number of hydrogen-bond donors (Lipinski definition) is 1. The summed E-state index contributed by atoms with van der Waals surface area (Å²) in [5, 5.41) is 4.98. The zero-order valence-electron chi connectivity index (χ0n) is 11.6. The highest BCUT2D eigenvalue weighted by Crippen LogP contribution is 2.21. The van der Waals surface area contributed by atoms with Crippen LogP contribution in [0.1, 0.15) is 52.9 Å². The van der Waals surface area contributed by atoms with Gasteiger partial charge in [-0.3, -0.25) is 9.59 Å². The number of hydrogen-bond acceptors (Lipinski definition) is 4. The third-order valence-corrected chi connectivity index (χ3v) is 4.74. The van der Waals surface area contributed by atoms with Crippen molar-refractivity contribution in [2.75, 3.05) is 13.1 Å². The second-order valence-electron chi connectivity index (χ2n) is 5.76. The lowest BCUT2D eigenvalue weighted by Gasteiger charge is -2.29. The molecule has 0 atom stereocenters. The molecule has 0 spiro atoms. The number of nitrogens with zero attached hydrogens (tertiary/aromatic N) is 2. The summed E-state index contributed by atoms with van der Waals surface area (Å²) in [6, 6.07) is 0.314. The molecule has 1 aliphatic heterocycles. The molecule has 1 saturated heterocycles. The molecule has 1 aromatic rings. The minimum absolute atomic E-state index is 0.0429. The smallest absolute Gasteiger partial charge is 0.280 e. The number of aromatic nitrogens is 1. The Kier molecular flexibility index (Phi) is 3.74. The van der Waals surface area contributed by atoms with Gasteiger partial charge in [-0.05, 0) is 31.6 Å². The van der Waals surface area contributed by atoms with E-state index in [0.29, 0.717) is 22.7 Å². The van der Waals surface area contributed by atoms with Crippen LogP contribution < -0.4 is 5.32 Å². The van der Waals surface area contributed by atoms with Crippen molar-refractivity contribution < 1.29 is 9.59 Å². The van der Waals surface area contributed by atoms with E-state index in [-0.39, 0.29) is 11.8 Å². The third kappa shape index (κ3) is 3.00. The maximum atomic E-state index is 12.3. The Morgan fingerprint density at radius 1 is 1.30 bits per heavy atom. The number of thiazole rings is 1. The average molecular weight is 293 g/mol. The zero-order valence-corrected chi connectivity index (χ0v) is 12.4. The van der Waals surface area contributed by atoms with E-state index < -0.39 is 0 Å². The Morgan fingerprint density at radius 3 is 2.65 bits per heavy atom. The predicted molar refractivity (Wildman–Crippen MR) is 76.9 cm³/mol. The lowest BCUT2D eigenvalue weighted by Crippen LogP contribution is -2.38. The Bertz CT molecular complexity index is 516. The van der Waals surface area contributed by atoms with Crippen LogP contribution in [0.5, 0.6) is 0 Å². The summed E-state index contributed by atoms with van der Waals surface area (Å²) in [6.07, 6.45) is 4.19. The Labute approximate surface area is 122 Å². The van der Waals surface area contributed by atoms with Gasteiger partial charge in [0.1, 0.15) is 5.69 Å². The number of likely N-dealkylation sites (tertiary alicyclic amines) is 1. The van der Waals surface area contributed by atoms with Crippen LogP contribution in [0.3, 0.4) is 0 Å². The van der Waals surface area contributed by atoms with E-state index in [1.165, 1.54) is 11.3 Å². The van der Waals surface area contributed by atoms with Crippen molar-refractivity contribution in [2.45, 2.75) is 38.6 Å². The Hall–Kier alpha value is -1.43. The molecule has 0 bridgehead atoms. The van der Waals surface area contributed by atoms with E-state index in [0.717, 1.165) is 38.8 Å². The maximum Gasteiger partial charge on any atom is 0.280 e. The van der Waals surface area contributed by atoms with Crippen molar-refractivity contribution in [1.82, 2.24) is 15.2 Å². The lowest BCUT2D eigenvalue weighted by atomic mass is 9.99. The summed E-state index contributed by atoms with van der Waals surface area (Å²) < 4.78 is 0. The topological polar surface area (TPSA) is 62.3 Å². The fourth-order valence-electron chi connectivity index (χ4n) is 2.32. The second kappa shape index (κ2) is 5.52. The molecule has 5 nitrogen and oxygen atoms in total. The first-order chi connectivity index (χ1) is 9.63. The summed E-state index contributed by atoms with van der Waals surface area (Å²) >= 11 is 1.25. The standard InChI is InChI=1S/C14H19N3O2S/c1-9-4-6-17(7-5-9)14(19)11-8-20-13(16-11)12(18)15-10-2-3-10/h8-10H,2-7H2,1H3,(H,15,18). The quantitative estimate of drug-likeness (QED) is 0.926. The largest absolute Gasteiger partial charge is 0.347 e. The molecular weight excluding hydrogens is 274 g/mol. The molecule has 3 rings (SSSR count). The molecule has 2 fully saturated rings. The second-order valence-corrected chi connectivity index (χ2v) is 6.62. The normalized spacial score (nSPS) is 19.9. The van der Waals surface area contributed by atoms with E-state index >= 15 is 0 Å². The highest BCUT2D eigenvalue weighted by atomic mass is 32.1. The van der Waals surface area contributed by atoms with Gasteiger partial charge < -0.3 is 10.2 Å². The molecule has 1 N–H and O–H groups in total. The van der Waals surface area contributed by atoms with E-state index in [4.69, 9.17) is 0 Å². The number of carbonyl (C=O) groups is 2. The SMILES string of the molecule is CC1CCN(C(=O)c2csc(C(=O)NC3CC3)n2)CC1. The van der Waals surface area contributed by atoms with Crippen molar-refractivity contribution in [1.29, 1.82) is 0 Å². The summed E-state index contributed by atoms with van der Waals surface area (Å²) in [6.45, 7) is 3.80. The molecule has 1 aromatic heterocycles. The Morgan fingerprint density at radius 2 is 2.00 bits per heavy atom. The van der Waals surface area contributed by atoms with Crippen LogP contribution in [0.15, 0.2) is 5.38 Å². The fourth-order valence-corrected chi connectivity index (χ4v) is 3.02. The van der Waals surface area contributed by atoms with Gasteiger partial charge in [-0.25, -0.2) is 4.98 Å². The van der Waals surface area contributed by atoms with Crippen LogP contribution in [0.4, 0.5) is 0 Å². The molecule has 1 saturated carbocycles. The van der Waals surface area contributed by atoms with Crippen molar-refractivity contribution in [3.8, 4) is 0 Å². The minimum atomic E-state index is -0.149. The van der Waals surface area contributed by atoms with Crippen molar-refractivity contribution in [3.05, 3.63) is 16.1 Å². The van der Waals surface area contributed by atoms with Gasteiger partial charge in [0.2, 0.25) is 0 Å². The average Bonchev–Trinajstić information content (AvgIpc) is 3.11. The number of carbonyl (C=O) groups excluding carboxylic acids is 2. The zero-order chi connectivity index (χ0) is 14.1. The molecule has 2 heterocycles. The van der Waals surface area contributed by atoms with Crippen LogP contribution in [0.2, 0.25) is 0 Å². The molecule has 0 aromatic carbocycles. The van der Waals surface area contributed by atoms with Gasteiger partial charge in [0.25, 0.3) is 11.8 Å². The number of nitrogens with one attached hydrogen (secondary N) is 1. The van der Waals surface area contributed by atoms with Crippen LogP contribution in [-0.2, 0) is 0 Å². The first kappa shape index (κ1) is 13.5. The minimum Gasteiger partial charge on any atom is -0.347 e. The summed E-state index contributed by atoms with van der Waals surface area (Å²) in [7, 11) is 0. The van der Waals surface area contributed by atoms with E-state index in [1.807, 2.05) is 4.90 Å². The van der Waals surface area contributed by atoms with E-state index in [9.17, 15) is 9.59 Å². The van der Waals surface area contributed by atoms with Crippen molar-refractivity contribution >= 4 is 23.2 Å². The first-order valence-corrected chi connectivity index (χ1v) is 8.07. The molecule has 0 radical (unpaired) electrons. The molecule has 0 unspecified atom stereocenters. The van der Waals surface area contributed by atoms with Crippen LogP contribution in [0, 0.1) is 5.92 Å². The Balaban J connectivity index is 1.63. The van der Waals surface area contributed by atoms with Gasteiger partial charge in [-0.15, -0.1) is 11.3 Å². The molecule has 20 heavy (non-hydrogen) atoms. The van der Waals surface area contributed by atoms with Gasteiger partial charge in [-0.1, -0.05) is 6.92 Å². The number of piperidine rings is 1. The maximum absolute atomic E-state index is 12.3. The van der Waals surface area contributed by atoms with Crippen LogP contribution in [0.25, 0.3) is 0 Å². The molecule has 1 aliphatic carbocycles. The van der Waals surface area contributed by atoms with Gasteiger partial charge >= 0.3 is 0 Å². The predicted octanol–water partition coefficient (Wildman–Crippen LogP) is 1.91. The van der Waals surface area contributed by atoms with Gasteiger partial charge in [0.15, 0.2) is 5.01 Å². The van der Waals surface area contributed by atoms with Crippen molar-refractivity contribution in [2.24, 2.45) is 5.92 Å². The molecule has 2 amide bonds.